The fourth-order valence-electron chi connectivity index (χ4n) is 4.92. The van der Waals surface area contributed by atoms with Crippen molar-refractivity contribution in [1.82, 2.24) is 4.98 Å². The molecule has 3 unspecified atom stereocenters. The SMILES string of the molecule is OCC1(c2ccc(OC(F)(F)F)cc2)CCC1C1CCCc2cccnc21. The van der Waals surface area contributed by atoms with Crippen molar-refractivity contribution in [2.75, 3.05) is 6.61 Å². The third-order valence-corrected chi connectivity index (χ3v) is 6.28. The number of fused-ring (bicyclic) bond motifs is 1. The largest absolute Gasteiger partial charge is 0.573 e. The minimum atomic E-state index is -4.70. The summed E-state index contributed by atoms with van der Waals surface area (Å²) < 4.78 is 41.2. The number of rotatable bonds is 4. The zero-order valence-electron chi connectivity index (χ0n) is 14.9. The van der Waals surface area contributed by atoms with E-state index in [1.165, 1.54) is 17.7 Å². The van der Waals surface area contributed by atoms with E-state index in [4.69, 9.17) is 0 Å². The second-order valence-electron chi connectivity index (χ2n) is 7.58. The quantitative estimate of drug-likeness (QED) is 0.837. The number of aryl methyl sites for hydroxylation is 1. The van der Waals surface area contributed by atoms with Crippen molar-refractivity contribution in [3.63, 3.8) is 0 Å². The standard InChI is InChI=1S/C21H22F3NO2/c22-21(23,24)27-16-8-6-15(7-9-16)20(13-26)11-10-18(20)17-5-1-3-14-4-2-12-25-19(14)17/h2,4,6-9,12,17-18,26H,1,3,5,10-11,13H2. The third-order valence-electron chi connectivity index (χ3n) is 6.28. The van der Waals surface area contributed by atoms with E-state index in [-0.39, 0.29) is 24.2 Å². The van der Waals surface area contributed by atoms with E-state index in [1.807, 2.05) is 12.3 Å². The van der Waals surface area contributed by atoms with Crippen LogP contribution in [0.25, 0.3) is 0 Å². The Morgan fingerprint density at radius 1 is 1.15 bits per heavy atom. The Labute approximate surface area is 156 Å². The molecule has 4 rings (SSSR count). The van der Waals surface area contributed by atoms with Crippen LogP contribution in [0.15, 0.2) is 42.6 Å². The molecule has 0 spiro atoms. The normalized spacial score (nSPS) is 27.6. The molecule has 0 aliphatic heterocycles. The summed E-state index contributed by atoms with van der Waals surface area (Å²) in [4.78, 5) is 4.62. The van der Waals surface area contributed by atoms with Gasteiger partial charge in [0.25, 0.3) is 0 Å². The molecule has 3 nitrogen and oxygen atoms in total. The second-order valence-corrected chi connectivity index (χ2v) is 7.58. The van der Waals surface area contributed by atoms with Gasteiger partial charge in [-0.3, -0.25) is 4.98 Å². The van der Waals surface area contributed by atoms with Crippen LogP contribution in [0.1, 0.15) is 48.4 Å². The molecule has 2 aliphatic rings. The van der Waals surface area contributed by atoms with E-state index in [0.29, 0.717) is 0 Å². The van der Waals surface area contributed by atoms with Crippen LogP contribution in [0.5, 0.6) is 5.75 Å². The number of aliphatic hydroxyl groups is 1. The molecule has 6 heteroatoms. The molecule has 0 amide bonds. The lowest BCUT2D eigenvalue weighted by Gasteiger charge is -2.53. The van der Waals surface area contributed by atoms with Gasteiger partial charge in [0.05, 0.1) is 6.61 Å². The van der Waals surface area contributed by atoms with Crippen molar-refractivity contribution in [1.29, 1.82) is 0 Å². The average molecular weight is 377 g/mol. The van der Waals surface area contributed by atoms with Crippen LogP contribution in [0.4, 0.5) is 13.2 Å². The Balaban J connectivity index is 1.62. The first kappa shape index (κ1) is 18.3. The molecule has 27 heavy (non-hydrogen) atoms. The number of hydrogen-bond donors (Lipinski definition) is 1. The number of nitrogens with zero attached hydrogens (tertiary/aromatic N) is 1. The summed E-state index contributed by atoms with van der Waals surface area (Å²) >= 11 is 0. The first-order valence-electron chi connectivity index (χ1n) is 9.34. The molecule has 2 aliphatic carbocycles. The molecule has 2 aromatic rings. The monoisotopic (exact) mass is 377 g/mol. The number of ether oxygens (including phenoxy) is 1. The van der Waals surface area contributed by atoms with Crippen LogP contribution < -0.4 is 4.74 Å². The van der Waals surface area contributed by atoms with Gasteiger partial charge in [-0.25, -0.2) is 0 Å². The molecule has 1 N–H and O–H groups in total. The molecular weight excluding hydrogens is 355 g/mol. The fourth-order valence-corrected chi connectivity index (χ4v) is 4.92. The highest BCUT2D eigenvalue weighted by Crippen LogP contribution is 2.56. The third kappa shape index (κ3) is 3.31. The molecule has 1 aromatic heterocycles. The van der Waals surface area contributed by atoms with Gasteiger partial charge in [0.2, 0.25) is 0 Å². The molecule has 0 bridgehead atoms. The van der Waals surface area contributed by atoms with Gasteiger partial charge in [-0.05, 0) is 67.3 Å². The van der Waals surface area contributed by atoms with Crippen LogP contribution in [0.3, 0.4) is 0 Å². The van der Waals surface area contributed by atoms with Crippen LogP contribution in [-0.4, -0.2) is 23.1 Å². The van der Waals surface area contributed by atoms with Gasteiger partial charge in [0.15, 0.2) is 0 Å². The smallest absolute Gasteiger partial charge is 0.406 e. The van der Waals surface area contributed by atoms with E-state index in [1.54, 1.807) is 12.1 Å². The summed E-state index contributed by atoms with van der Waals surface area (Å²) in [5.74, 6) is 0.285. The molecule has 3 atom stereocenters. The molecule has 0 radical (unpaired) electrons. The summed E-state index contributed by atoms with van der Waals surface area (Å²) in [6.45, 7) is -0.0180. The number of hydrogen-bond acceptors (Lipinski definition) is 3. The van der Waals surface area contributed by atoms with Gasteiger partial charge in [0, 0.05) is 23.2 Å². The minimum absolute atomic E-state index is 0.0180. The Morgan fingerprint density at radius 2 is 1.93 bits per heavy atom. The van der Waals surface area contributed by atoms with Gasteiger partial charge < -0.3 is 9.84 Å². The molecule has 1 heterocycles. The zero-order valence-corrected chi connectivity index (χ0v) is 14.9. The van der Waals surface area contributed by atoms with Crippen LogP contribution >= 0.6 is 0 Å². The Morgan fingerprint density at radius 3 is 2.56 bits per heavy atom. The number of benzene rings is 1. The highest BCUT2D eigenvalue weighted by Gasteiger charge is 2.52. The highest BCUT2D eigenvalue weighted by atomic mass is 19.4. The maximum atomic E-state index is 12.4. The molecule has 1 fully saturated rings. The molecule has 144 valence electrons. The summed E-state index contributed by atoms with van der Waals surface area (Å²) in [6, 6.07) is 10.1. The lowest BCUT2D eigenvalue weighted by Crippen LogP contribution is -2.50. The van der Waals surface area contributed by atoms with E-state index in [2.05, 4.69) is 15.8 Å². The van der Waals surface area contributed by atoms with Crippen LogP contribution in [-0.2, 0) is 11.8 Å². The summed E-state index contributed by atoms with van der Waals surface area (Å²) in [5.41, 5.74) is 2.86. The predicted octanol–water partition coefficient (Wildman–Crippen LogP) is 4.74. The van der Waals surface area contributed by atoms with Gasteiger partial charge in [-0.1, -0.05) is 18.2 Å². The summed E-state index contributed by atoms with van der Waals surface area (Å²) in [6.07, 6.45) is 2.09. The first-order chi connectivity index (χ1) is 12.9. The predicted molar refractivity (Wildman–Crippen MR) is 94.5 cm³/mol. The molecule has 1 aromatic carbocycles. The summed E-state index contributed by atoms with van der Waals surface area (Å²) in [5, 5.41) is 10.3. The Bertz CT molecular complexity index is 802. The Kier molecular flexibility index (Phi) is 4.62. The number of pyridine rings is 1. The van der Waals surface area contributed by atoms with Gasteiger partial charge >= 0.3 is 6.36 Å². The van der Waals surface area contributed by atoms with E-state index in [0.717, 1.165) is 43.4 Å². The topological polar surface area (TPSA) is 42.4 Å². The van der Waals surface area contributed by atoms with Crippen molar-refractivity contribution < 1.29 is 23.0 Å². The van der Waals surface area contributed by atoms with Gasteiger partial charge in [0.1, 0.15) is 5.75 Å². The molecule has 0 saturated heterocycles. The highest BCUT2D eigenvalue weighted by molar-refractivity contribution is 5.38. The van der Waals surface area contributed by atoms with Gasteiger partial charge in [-0.2, -0.15) is 0 Å². The minimum Gasteiger partial charge on any atom is -0.406 e. The maximum Gasteiger partial charge on any atom is 0.573 e. The van der Waals surface area contributed by atoms with Crippen molar-refractivity contribution in [3.8, 4) is 5.75 Å². The maximum absolute atomic E-state index is 12.4. The lowest BCUT2D eigenvalue weighted by atomic mass is 9.51. The number of alkyl halides is 3. The first-order valence-corrected chi connectivity index (χ1v) is 9.34. The van der Waals surface area contributed by atoms with Crippen molar-refractivity contribution in [3.05, 3.63) is 59.4 Å². The zero-order chi connectivity index (χ0) is 19.1. The Hall–Kier alpha value is -2.08. The number of halogens is 3. The number of aliphatic hydroxyl groups excluding tert-OH is 1. The molecular formula is C21H22F3NO2. The lowest BCUT2D eigenvalue weighted by molar-refractivity contribution is -0.274. The number of aromatic nitrogens is 1. The fraction of sp³-hybridized carbons (Fsp3) is 0.476. The average Bonchev–Trinajstić information content (AvgIpc) is 2.62. The van der Waals surface area contributed by atoms with E-state index in [9.17, 15) is 18.3 Å². The van der Waals surface area contributed by atoms with E-state index < -0.39 is 11.8 Å². The van der Waals surface area contributed by atoms with Crippen LogP contribution in [0.2, 0.25) is 0 Å². The van der Waals surface area contributed by atoms with Gasteiger partial charge in [-0.15, -0.1) is 13.2 Å². The molecule has 1 saturated carbocycles. The summed E-state index contributed by atoms with van der Waals surface area (Å²) in [7, 11) is 0. The van der Waals surface area contributed by atoms with Crippen LogP contribution in [0, 0.1) is 5.92 Å². The van der Waals surface area contributed by atoms with E-state index >= 15 is 0 Å². The second kappa shape index (κ2) is 6.82. The van der Waals surface area contributed by atoms with Crippen molar-refractivity contribution in [2.24, 2.45) is 5.92 Å². The van der Waals surface area contributed by atoms with Crippen molar-refractivity contribution in [2.45, 2.75) is 49.8 Å². The van der Waals surface area contributed by atoms with Crippen molar-refractivity contribution >= 4 is 0 Å².